The highest BCUT2D eigenvalue weighted by Crippen LogP contribution is 2.31. The molecule has 3 aromatic rings. The number of nitrogens with one attached hydrogen (secondary N) is 1. The first-order valence-corrected chi connectivity index (χ1v) is 10.2. The number of rotatable bonds is 3. The maximum absolute atomic E-state index is 15.0. The van der Waals surface area contributed by atoms with Gasteiger partial charge in [-0.1, -0.05) is 6.07 Å². The summed E-state index contributed by atoms with van der Waals surface area (Å²) in [5.41, 5.74) is -3.34. The van der Waals surface area contributed by atoms with Crippen LogP contribution in [0, 0.1) is 23.0 Å². The topological polar surface area (TPSA) is 81.3 Å². The van der Waals surface area contributed by atoms with Crippen molar-refractivity contribution in [1.29, 1.82) is 5.26 Å². The van der Waals surface area contributed by atoms with Gasteiger partial charge in [-0.05, 0) is 31.2 Å². The Hall–Kier alpha value is -3.49. The fourth-order valence-corrected chi connectivity index (χ4v) is 4.06. The van der Waals surface area contributed by atoms with E-state index in [0.29, 0.717) is 19.2 Å². The van der Waals surface area contributed by atoms with Crippen molar-refractivity contribution in [2.24, 2.45) is 0 Å². The van der Waals surface area contributed by atoms with Crippen molar-refractivity contribution < 1.29 is 27.1 Å². The van der Waals surface area contributed by atoms with Crippen LogP contribution in [0.15, 0.2) is 41.3 Å². The van der Waals surface area contributed by atoms with Gasteiger partial charge in [0.05, 0.1) is 35.2 Å². The first-order valence-electron chi connectivity index (χ1n) is 10.2. The summed E-state index contributed by atoms with van der Waals surface area (Å²) in [5, 5.41) is 22.4. The molecule has 2 heterocycles. The zero-order chi connectivity index (χ0) is 24.8. The Balaban J connectivity index is 1.85. The maximum atomic E-state index is 15.0. The van der Waals surface area contributed by atoms with Crippen LogP contribution in [0.25, 0.3) is 10.9 Å². The van der Waals surface area contributed by atoms with Gasteiger partial charge in [0.15, 0.2) is 0 Å². The monoisotopic (exact) mass is 478 g/mol. The van der Waals surface area contributed by atoms with Crippen molar-refractivity contribution in [3.8, 4) is 6.07 Å². The molecule has 1 aliphatic rings. The second-order valence-electron chi connectivity index (χ2n) is 8.36. The lowest BCUT2D eigenvalue weighted by molar-refractivity contribution is -0.137. The molecule has 1 unspecified atom stereocenters. The molecular formula is C23H19F5N4O2. The number of piperazine rings is 1. The lowest BCUT2D eigenvalue weighted by Gasteiger charge is -2.39. The van der Waals surface area contributed by atoms with Gasteiger partial charge in [-0.3, -0.25) is 10.1 Å². The number of benzene rings is 2. The van der Waals surface area contributed by atoms with Crippen LogP contribution in [-0.4, -0.2) is 35.0 Å². The van der Waals surface area contributed by atoms with Crippen molar-refractivity contribution in [2.45, 2.75) is 25.4 Å². The molecule has 0 saturated carbocycles. The first-order chi connectivity index (χ1) is 15.9. The highest BCUT2D eigenvalue weighted by Gasteiger charge is 2.32. The number of pyridine rings is 1. The van der Waals surface area contributed by atoms with E-state index >= 15 is 4.39 Å². The molecule has 1 atom stereocenters. The minimum Gasteiger partial charge on any atom is -0.374 e. The molecule has 11 heteroatoms. The van der Waals surface area contributed by atoms with Crippen LogP contribution in [0.4, 0.5) is 27.6 Å². The number of anilines is 1. The number of nitrogens with zero attached hydrogens (tertiary/aromatic N) is 3. The summed E-state index contributed by atoms with van der Waals surface area (Å²) < 4.78 is 69.5. The van der Waals surface area contributed by atoms with Gasteiger partial charge >= 0.3 is 6.18 Å². The zero-order valence-electron chi connectivity index (χ0n) is 17.9. The van der Waals surface area contributed by atoms with Crippen molar-refractivity contribution in [3.05, 3.63) is 75.1 Å². The summed E-state index contributed by atoms with van der Waals surface area (Å²) in [6.07, 6.45) is -3.55. The van der Waals surface area contributed by atoms with Gasteiger partial charge < -0.3 is 14.6 Å². The molecule has 0 radical (unpaired) electrons. The molecule has 2 N–H and O–H groups in total. The summed E-state index contributed by atoms with van der Waals surface area (Å²) >= 11 is 0. The van der Waals surface area contributed by atoms with Gasteiger partial charge in [0.2, 0.25) is 5.43 Å². The molecule has 0 bridgehead atoms. The lowest BCUT2D eigenvalue weighted by atomic mass is 10.1. The Bertz CT molecular complexity index is 1370. The smallest absolute Gasteiger partial charge is 0.374 e. The number of aromatic nitrogens is 1. The first kappa shape index (κ1) is 23.7. The number of aliphatic hydroxyl groups is 1. The summed E-state index contributed by atoms with van der Waals surface area (Å²) in [6, 6.07) is 6.14. The normalized spacial score (nSPS) is 18.8. The molecule has 2 aromatic carbocycles. The van der Waals surface area contributed by atoms with Crippen LogP contribution in [0.2, 0.25) is 0 Å². The lowest BCUT2D eigenvalue weighted by Crippen LogP contribution is -2.59. The van der Waals surface area contributed by atoms with E-state index in [4.69, 9.17) is 0 Å². The van der Waals surface area contributed by atoms with E-state index in [-0.39, 0.29) is 40.8 Å². The molecule has 0 spiro atoms. The van der Waals surface area contributed by atoms with Crippen molar-refractivity contribution >= 4 is 16.6 Å². The van der Waals surface area contributed by atoms with E-state index in [1.807, 2.05) is 0 Å². The Kier molecular flexibility index (Phi) is 5.83. The number of hydrogen-bond acceptors (Lipinski definition) is 5. The van der Waals surface area contributed by atoms with Crippen LogP contribution >= 0.6 is 0 Å². The van der Waals surface area contributed by atoms with Crippen LogP contribution in [0.1, 0.15) is 23.6 Å². The number of hydrogen-bond donors (Lipinski definition) is 2. The number of fused-ring (bicyclic) bond motifs is 1. The molecule has 1 fully saturated rings. The minimum absolute atomic E-state index is 0.0451. The fourth-order valence-electron chi connectivity index (χ4n) is 4.06. The molecule has 4 rings (SSSR count). The average Bonchev–Trinajstić information content (AvgIpc) is 2.75. The highest BCUT2D eigenvalue weighted by atomic mass is 19.4. The van der Waals surface area contributed by atoms with E-state index in [1.54, 1.807) is 11.0 Å². The number of nitriles is 1. The predicted octanol–water partition coefficient (Wildman–Crippen LogP) is 3.34. The highest BCUT2D eigenvalue weighted by molar-refractivity contribution is 5.84. The Morgan fingerprint density at radius 2 is 1.94 bits per heavy atom. The average molecular weight is 478 g/mol. The molecule has 1 aromatic heterocycles. The largest absolute Gasteiger partial charge is 0.416 e. The number of halogens is 5. The fraction of sp³-hybridized carbons (Fsp3) is 0.304. The molecule has 1 saturated heterocycles. The zero-order valence-corrected chi connectivity index (χ0v) is 17.9. The van der Waals surface area contributed by atoms with Crippen LogP contribution in [-0.2, 0) is 12.7 Å². The molecule has 34 heavy (non-hydrogen) atoms. The molecule has 1 aliphatic heterocycles. The summed E-state index contributed by atoms with van der Waals surface area (Å²) in [6.45, 7) is 1.98. The van der Waals surface area contributed by atoms with E-state index in [2.05, 4.69) is 5.32 Å². The molecule has 0 amide bonds. The summed E-state index contributed by atoms with van der Waals surface area (Å²) in [7, 11) is 0. The maximum Gasteiger partial charge on any atom is 0.416 e. The third-order valence-corrected chi connectivity index (χ3v) is 5.72. The molecule has 6 nitrogen and oxygen atoms in total. The van der Waals surface area contributed by atoms with Gasteiger partial charge in [-0.25, -0.2) is 8.78 Å². The Morgan fingerprint density at radius 1 is 1.21 bits per heavy atom. The standard InChI is InChI=1S/C23H19F5N4O2/c1-22(34)12-31(5-4-30-22)20-8-19-16(7-18(20)25)21(33)14(9-29)11-32(19)10-13-2-3-15(6-17(13)24)23(26,27)28/h2-3,6-8,11,30,34H,4-5,10,12H2,1H3. The Labute approximate surface area is 190 Å². The van der Waals surface area contributed by atoms with Crippen molar-refractivity contribution in [1.82, 2.24) is 9.88 Å². The Morgan fingerprint density at radius 3 is 2.56 bits per heavy atom. The number of alkyl halides is 3. The van der Waals surface area contributed by atoms with Gasteiger partial charge in [-0.15, -0.1) is 0 Å². The van der Waals surface area contributed by atoms with E-state index in [1.165, 1.54) is 17.6 Å². The van der Waals surface area contributed by atoms with Gasteiger partial charge in [0.25, 0.3) is 0 Å². The third-order valence-electron chi connectivity index (χ3n) is 5.72. The molecule has 0 aliphatic carbocycles. The van der Waals surface area contributed by atoms with E-state index in [0.717, 1.165) is 24.4 Å². The SMILES string of the molecule is CC1(O)CN(c2cc3c(cc2F)c(=O)c(C#N)cn3Cc2ccc(C(F)(F)F)cc2F)CCN1. The van der Waals surface area contributed by atoms with Gasteiger partial charge in [0.1, 0.15) is 29.0 Å². The number of β-amino-alcohol motifs (C(OH)–C–C–N with tert-alkyl or cyclic N) is 1. The second kappa shape index (κ2) is 8.38. The third kappa shape index (κ3) is 4.47. The van der Waals surface area contributed by atoms with Crippen molar-refractivity contribution in [2.75, 3.05) is 24.5 Å². The minimum atomic E-state index is -4.71. The quantitative estimate of drug-likeness (QED) is 0.565. The summed E-state index contributed by atoms with van der Waals surface area (Å²) in [5.74, 6) is -1.86. The van der Waals surface area contributed by atoms with Gasteiger partial charge in [-0.2, -0.15) is 18.4 Å². The van der Waals surface area contributed by atoms with Crippen LogP contribution in [0.3, 0.4) is 0 Å². The predicted molar refractivity (Wildman–Crippen MR) is 114 cm³/mol. The van der Waals surface area contributed by atoms with Crippen molar-refractivity contribution in [3.63, 3.8) is 0 Å². The van der Waals surface area contributed by atoms with Crippen LogP contribution < -0.4 is 15.6 Å². The van der Waals surface area contributed by atoms with Crippen LogP contribution in [0.5, 0.6) is 0 Å². The molecule has 178 valence electrons. The summed E-state index contributed by atoms with van der Waals surface area (Å²) in [4.78, 5) is 14.2. The van der Waals surface area contributed by atoms with Gasteiger partial charge in [0, 0.05) is 24.8 Å². The van der Waals surface area contributed by atoms with E-state index < -0.39 is 34.5 Å². The van der Waals surface area contributed by atoms with E-state index in [9.17, 15) is 32.7 Å². The molecular weight excluding hydrogens is 459 g/mol. The second-order valence-corrected chi connectivity index (χ2v) is 8.36.